The minimum atomic E-state index is -1.29. The summed E-state index contributed by atoms with van der Waals surface area (Å²) in [6.07, 6.45) is 0.201. The van der Waals surface area contributed by atoms with Crippen molar-refractivity contribution in [2.24, 2.45) is 0 Å². The molecule has 2 atom stereocenters. The number of nitrogens with zero attached hydrogens (tertiary/aromatic N) is 2. The van der Waals surface area contributed by atoms with Gasteiger partial charge in [0.25, 0.3) is 5.91 Å². The van der Waals surface area contributed by atoms with Gasteiger partial charge in [0, 0.05) is 17.7 Å². The third-order valence-corrected chi connectivity index (χ3v) is 6.59. The van der Waals surface area contributed by atoms with Gasteiger partial charge < -0.3 is 4.74 Å². The molecular formula is C21H20N2O4S. The molecule has 0 N–H and O–H groups in total. The first-order valence-electron chi connectivity index (χ1n) is 9.08. The lowest BCUT2D eigenvalue weighted by Crippen LogP contribution is -2.51. The lowest BCUT2D eigenvalue weighted by atomic mass is 10.0. The quantitative estimate of drug-likeness (QED) is 0.796. The number of rotatable bonds is 3. The molecule has 1 fully saturated rings. The molecule has 144 valence electrons. The van der Waals surface area contributed by atoms with Crippen LogP contribution in [-0.4, -0.2) is 30.1 Å². The van der Waals surface area contributed by atoms with Crippen molar-refractivity contribution in [3.63, 3.8) is 0 Å². The maximum absolute atomic E-state index is 13.7. The van der Waals surface area contributed by atoms with Gasteiger partial charge in [0.2, 0.25) is 16.7 Å². The van der Waals surface area contributed by atoms with Crippen LogP contribution in [0, 0.1) is 0 Å². The van der Waals surface area contributed by atoms with Crippen molar-refractivity contribution in [2.45, 2.75) is 30.4 Å². The first kappa shape index (κ1) is 18.6. The number of hydrogen-bond donors (Lipinski definition) is 0. The van der Waals surface area contributed by atoms with Crippen LogP contribution in [0.5, 0.6) is 5.75 Å². The zero-order chi connectivity index (χ0) is 20.1. The Balaban J connectivity index is 1.93. The molecule has 0 aliphatic carbocycles. The third kappa shape index (κ3) is 2.39. The molecule has 2 heterocycles. The van der Waals surface area contributed by atoms with Crippen LogP contribution in [-0.2, 0) is 19.3 Å². The highest BCUT2D eigenvalue weighted by molar-refractivity contribution is 8.03. The van der Waals surface area contributed by atoms with Crippen molar-refractivity contribution in [3.8, 4) is 5.75 Å². The second kappa shape index (κ2) is 6.67. The molecular weight excluding hydrogens is 376 g/mol. The van der Waals surface area contributed by atoms with Crippen molar-refractivity contribution in [2.75, 3.05) is 16.9 Å². The van der Waals surface area contributed by atoms with Gasteiger partial charge in [0.15, 0.2) is 0 Å². The molecule has 4 rings (SSSR count). The Kier molecular flexibility index (Phi) is 4.42. The summed E-state index contributed by atoms with van der Waals surface area (Å²) in [6.45, 7) is 3.51. The molecule has 0 unspecified atom stereocenters. The Bertz CT molecular complexity index is 975. The predicted molar refractivity (Wildman–Crippen MR) is 108 cm³/mol. The summed E-state index contributed by atoms with van der Waals surface area (Å²) in [6, 6.07) is 14.2. The van der Waals surface area contributed by atoms with E-state index in [4.69, 9.17) is 4.74 Å². The summed E-state index contributed by atoms with van der Waals surface area (Å²) in [5, 5.41) is -0.421. The Morgan fingerprint density at radius 2 is 1.82 bits per heavy atom. The molecule has 0 radical (unpaired) electrons. The van der Waals surface area contributed by atoms with Crippen LogP contribution in [0.3, 0.4) is 0 Å². The smallest absolute Gasteiger partial charge is 0.275 e. The van der Waals surface area contributed by atoms with Gasteiger partial charge in [-0.3, -0.25) is 19.3 Å². The van der Waals surface area contributed by atoms with Gasteiger partial charge in [-0.25, -0.2) is 4.90 Å². The second-order valence-corrected chi connectivity index (χ2v) is 8.21. The Labute approximate surface area is 167 Å². The molecule has 0 saturated carbocycles. The standard InChI is InChI=1S/C21H20N2O4S/c1-4-18(24)22-17-8-6-5-7-16(17)21(20(22)26)23(19(25)13(2)28-21)14-9-11-15(27-3)12-10-14/h5-13H,4H2,1-3H3/t13-,21-/m1/s1. The highest BCUT2D eigenvalue weighted by Crippen LogP contribution is 2.57. The van der Waals surface area contributed by atoms with Gasteiger partial charge in [0.1, 0.15) is 5.75 Å². The Morgan fingerprint density at radius 1 is 1.14 bits per heavy atom. The number of methoxy groups -OCH3 is 1. The summed E-state index contributed by atoms with van der Waals surface area (Å²) >= 11 is 1.28. The molecule has 6 nitrogen and oxygen atoms in total. The molecule has 0 aromatic heterocycles. The van der Waals surface area contributed by atoms with Crippen molar-refractivity contribution in [1.82, 2.24) is 0 Å². The summed E-state index contributed by atoms with van der Waals surface area (Å²) in [5.41, 5.74) is 1.81. The number of ether oxygens (including phenoxy) is 1. The minimum Gasteiger partial charge on any atom is -0.497 e. The van der Waals surface area contributed by atoms with Gasteiger partial charge in [-0.2, -0.15) is 0 Å². The molecule has 28 heavy (non-hydrogen) atoms. The topological polar surface area (TPSA) is 66.9 Å². The maximum Gasteiger partial charge on any atom is 0.275 e. The zero-order valence-electron chi connectivity index (χ0n) is 15.8. The van der Waals surface area contributed by atoms with Gasteiger partial charge in [-0.05, 0) is 37.3 Å². The fourth-order valence-corrected chi connectivity index (χ4v) is 5.31. The number of benzene rings is 2. The van der Waals surface area contributed by atoms with E-state index in [0.29, 0.717) is 22.7 Å². The maximum atomic E-state index is 13.7. The first-order valence-corrected chi connectivity index (χ1v) is 9.96. The molecule has 0 bridgehead atoms. The van der Waals surface area contributed by atoms with E-state index in [1.807, 2.05) is 12.1 Å². The number of carbonyl (C=O) groups excluding carboxylic acids is 3. The average molecular weight is 396 g/mol. The molecule has 7 heteroatoms. The normalized spacial score (nSPS) is 23.5. The van der Waals surface area contributed by atoms with Gasteiger partial charge in [-0.1, -0.05) is 25.1 Å². The number of amides is 3. The molecule has 1 saturated heterocycles. The van der Waals surface area contributed by atoms with E-state index < -0.39 is 10.1 Å². The van der Waals surface area contributed by atoms with E-state index in [1.165, 1.54) is 21.6 Å². The number of imide groups is 1. The largest absolute Gasteiger partial charge is 0.497 e. The molecule has 2 aromatic rings. The number of thioether (sulfide) groups is 1. The highest BCUT2D eigenvalue weighted by atomic mass is 32.2. The average Bonchev–Trinajstić information content (AvgIpc) is 3.13. The van der Waals surface area contributed by atoms with Crippen molar-refractivity contribution >= 4 is 40.9 Å². The fraction of sp³-hybridized carbons (Fsp3) is 0.286. The summed E-state index contributed by atoms with van der Waals surface area (Å²) in [5.74, 6) is -0.175. The van der Waals surface area contributed by atoms with E-state index in [-0.39, 0.29) is 24.1 Å². The fourth-order valence-electron chi connectivity index (χ4n) is 3.80. The zero-order valence-corrected chi connectivity index (χ0v) is 16.7. The predicted octanol–water partition coefficient (Wildman–Crippen LogP) is 3.30. The van der Waals surface area contributed by atoms with Crippen LogP contribution in [0.1, 0.15) is 25.8 Å². The molecule has 2 aliphatic heterocycles. The van der Waals surface area contributed by atoms with Crippen LogP contribution >= 0.6 is 11.8 Å². The van der Waals surface area contributed by atoms with Crippen LogP contribution in [0.15, 0.2) is 48.5 Å². The molecule has 3 amide bonds. The van der Waals surface area contributed by atoms with E-state index in [9.17, 15) is 14.4 Å². The van der Waals surface area contributed by atoms with Gasteiger partial charge >= 0.3 is 0 Å². The lowest BCUT2D eigenvalue weighted by molar-refractivity contribution is -0.128. The number of hydrogen-bond acceptors (Lipinski definition) is 5. The van der Waals surface area contributed by atoms with Crippen molar-refractivity contribution in [1.29, 1.82) is 0 Å². The highest BCUT2D eigenvalue weighted by Gasteiger charge is 2.64. The number of anilines is 2. The number of para-hydroxylation sites is 1. The van der Waals surface area contributed by atoms with Crippen LogP contribution in [0.4, 0.5) is 11.4 Å². The molecule has 2 aromatic carbocycles. The Morgan fingerprint density at radius 3 is 2.46 bits per heavy atom. The van der Waals surface area contributed by atoms with Crippen LogP contribution < -0.4 is 14.5 Å². The number of fused-ring (bicyclic) bond motifs is 2. The SMILES string of the molecule is CCC(=O)N1C(=O)[C@]2(S[C@H](C)C(=O)N2c2ccc(OC)cc2)c2ccccc21. The van der Waals surface area contributed by atoms with Gasteiger partial charge in [0.05, 0.1) is 18.0 Å². The summed E-state index contributed by atoms with van der Waals surface area (Å²) in [7, 11) is 1.57. The molecule has 1 spiro atoms. The third-order valence-electron chi connectivity index (χ3n) is 5.12. The van der Waals surface area contributed by atoms with E-state index in [0.717, 1.165) is 0 Å². The first-order chi connectivity index (χ1) is 13.5. The van der Waals surface area contributed by atoms with Crippen molar-refractivity contribution in [3.05, 3.63) is 54.1 Å². The van der Waals surface area contributed by atoms with E-state index >= 15 is 0 Å². The van der Waals surface area contributed by atoms with Crippen molar-refractivity contribution < 1.29 is 19.1 Å². The number of carbonyl (C=O) groups is 3. The Hall–Kier alpha value is -2.80. The van der Waals surface area contributed by atoms with Gasteiger partial charge in [-0.15, -0.1) is 11.8 Å². The monoisotopic (exact) mass is 396 g/mol. The van der Waals surface area contributed by atoms with Crippen LogP contribution in [0.25, 0.3) is 0 Å². The minimum absolute atomic E-state index is 0.163. The summed E-state index contributed by atoms with van der Waals surface area (Å²) in [4.78, 5) is 40.9. The van der Waals surface area contributed by atoms with Crippen LogP contribution in [0.2, 0.25) is 0 Å². The molecule has 2 aliphatic rings. The lowest BCUT2D eigenvalue weighted by Gasteiger charge is -2.33. The van der Waals surface area contributed by atoms with E-state index in [1.54, 1.807) is 57.4 Å². The van der Waals surface area contributed by atoms with E-state index in [2.05, 4.69) is 0 Å². The summed E-state index contributed by atoms with van der Waals surface area (Å²) < 4.78 is 5.21. The second-order valence-electron chi connectivity index (χ2n) is 6.68.